The third-order valence-electron chi connectivity index (χ3n) is 3.42. The fourth-order valence-electron chi connectivity index (χ4n) is 2.46. The maximum Gasteiger partial charge on any atom is 0.265 e. The van der Waals surface area contributed by atoms with Crippen LogP contribution in [-0.2, 0) is 21.2 Å². The summed E-state index contributed by atoms with van der Waals surface area (Å²) in [4.78, 5) is 12.4. The molecule has 0 saturated heterocycles. The Bertz CT molecular complexity index is 899. The van der Waals surface area contributed by atoms with Gasteiger partial charge in [-0.3, -0.25) is 9.52 Å². The Kier molecular flexibility index (Phi) is 4.38. The number of amides is 1. The van der Waals surface area contributed by atoms with Gasteiger partial charge in [-0.05, 0) is 42.0 Å². The molecule has 2 N–H and O–H groups in total. The molecule has 8 heteroatoms. The van der Waals surface area contributed by atoms with Gasteiger partial charge in [0.15, 0.2) is 6.10 Å². The van der Waals surface area contributed by atoms with Gasteiger partial charge in [-0.25, -0.2) is 8.42 Å². The molecule has 0 unspecified atom stereocenters. The largest absolute Gasteiger partial charge is 0.480 e. The third-order valence-corrected chi connectivity index (χ3v) is 4.26. The summed E-state index contributed by atoms with van der Waals surface area (Å²) in [7, 11) is -3.38. The first-order chi connectivity index (χ1) is 11.3. The third kappa shape index (κ3) is 3.98. The summed E-state index contributed by atoms with van der Waals surface area (Å²) in [6.45, 7) is 0. The van der Waals surface area contributed by atoms with Gasteiger partial charge in [0.05, 0.1) is 11.9 Å². The molecule has 1 amide bonds. The number of halogens is 1. The van der Waals surface area contributed by atoms with Crippen LogP contribution in [0.15, 0.2) is 42.5 Å². The predicted octanol–water partition coefficient (Wildman–Crippen LogP) is 2.65. The average molecular weight is 367 g/mol. The highest BCUT2D eigenvalue weighted by Gasteiger charge is 2.29. The van der Waals surface area contributed by atoms with Crippen molar-refractivity contribution >= 4 is 38.9 Å². The first kappa shape index (κ1) is 16.6. The molecular weight excluding hydrogens is 352 g/mol. The minimum absolute atomic E-state index is 0.307. The molecule has 2 aromatic rings. The second kappa shape index (κ2) is 6.33. The zero-order valence-electron chi connectivity index (χ0n) is 12.7. The number of nitrogens with one attached hydrogen (secondary N) is 2. The molecule has 0 aromatic heterocycles. The molecule has 3 rings (SSSR count). The number of hydrogen-bond acceptors (Lipinski definition) is 4. The molecule has 6 nitrogen and oxygen atoms in total. The quantitative estimate of drug-likeness (QED) is 0.871. The highest BCUT2D eigenvalue weighted by molar-refractivity contribution is 7.92. The average Bonchev–Trinajstić information content (AvgIpc) is 2.89. The molecule has 24 heavy (non-hydrogen) atoms. The van der Waals surface area contributed by atoms with Crippen molar-refractivity contribution in [3.05, 3.63) is 53.1 Å². The summed E-state index contributed by atoms with van der Waals surface area (Å²) < 4.78 is 30.5. The van der Waals surface area contributed by atoms with Crippen LogP contribution < -0.4 is 14.8 Å². The van der Waals surface area contributed by atoms with E-state index in [1.807, 2.05) is 0 Å². The zero-order valence-corrected chi connectivity index (χ0v) is 14.3. The van der Waals surface area contributed by atoms with Gasteiger partial charge in [-0.1, -0.05) is 17.7 Å². The van der Waals surface area contributed by atoms with Crippen LogP contribution in [0.25, 0.3) is 0 Å². The highest BCUT2D eigenvalue weighted by atomic mass is 35.5. The summed E-state index contributed by atoms with van der Waals surface area (Å²) >= 11 is 5.94. The molecule has 0 bridgehead atoms. The van der Waals surface area contributed by atoms with Crippen LogP contribution in [0.4, 0.5) is 11.4 Å². The Morgan fingerprint density at radius 2 is 1.96 bits per heavy atom. The number of ether oxygens (including phenoxy) is 1. The number of benzene rings is 2. The maximum atomic E-state index is 12.4. The van der Waals surface area contributed by atoms with E-state index in [1.165, 1.54) is 6.07 Å². The Morgan fingerprint density at radius 3 is 2.71 bits per heavy atom. The number of carbonyl (C=O) groups is 1. The van der Waals surface area contributed by atoms with Gasteiger partial charge in [-0.2, -0.15) is 0 Å². The van der Waals surface area contributed by atoms with Crippen molar-refractivity contribution in [3.8, 4) is 5.75 Å². The van der Waals surface area contributed by atoms with Gasteiger partial charge < -0.3 is 10.1 Å². The summed E-state index contributed by atoms with van der Waals surface area (Å²) in [5.74, 6) is 0.339. The fourth-order valence-corrected chi connectivity index (χ4v) is 3.21. The molecule has 0 aliphatic carbocycles. The van der Waals surface area contributed by atoms with E-state index in [-0.39, 0.29) is 5.91 Å². The molecule has 1 atom stereocenters. The first-order valence-electron chi connectivity index (χ1n) is 7.14. The topological polar surface area (TPSA) is 84.5 Å². The molecule has 0 spiro atoms. The van der Waals surface area contributed by atoms with Crippen LogP contribution in [0.3, 0.4) is 0 Å². The highest BCUT2D eigenvalue weighted by Crippen LogP contribution is 2.31. The smallest absolute Gasteiger partial charge is 0.265 e. The molecule has 2 aromatic carbocycles. The minimum Gasteiger partial charge on any atom is -0.480 e. The van der Waals surface area contributed by atoms with E-state index in [0.29, 0.717) is 28.6 Å². The molecular formula is C16H15ClN2O4S. The maximum absolute atomic E-state index is 12.4. The van der Waals surface area contributed by atoms with Crippen molar-refractivity contribution in [2.45, 2.75) is 12.5 Å². The van der Waals surface area contributed by atoms with Crippen LogP contribution in [0.2, 0.25) is 5.02 Å². The van der Waals surface area contributed by atoms with E-state index in [9.17, 15) is 13.2 Å². The van der Waals surface area contributed by atoms with Crippen molar-refractivity contribution in [1.29, 1.82) is 0 Å². The fraction of sp³-hybridized carbons (Fsp3) is 0.188. The Morgan fingerprint density at radius 1 is 1.21 bits per heavy atom. The lowest BCUT2D eigenvalue weighted by atomic mass is 10.1. The lowest BCUT2D eigenvalue weighted by Crippen LogP contribution is -2.31. The van der Waals surface area contributed by atoms with Crippen LogP contribution in [0, 0.1) is 0 Å². The molecule has 1 aliphatic heterocycles. The molecule has 0 saturated carbocycles. The van der Waals surface area contributed by atoms with Crippen molar-refractivity contribution in [2.75, 3.05) is 16.3 Å². The van der Waals surface area contributed by atoms with Crippen molar-refractivity contribution in [3.63, 3.8) is 0 Å². The van der Waals surface area contributed by atoms with Gasteiger partial charge >= 0.3 is 0 Å². The van der Waals surface area contributed by atoms with Gasteiger partial charge in [0.1, 0.15) is 5.75 Å². The molecule has 0 radical (unpaired) electrons. The normalized spacial score (nSPS) is 16.2. The van der Waals surface area contributed by atoms with E-state index < -0.39 is 16.1 Å². The molecule has 126 valence electrons. The second-order valence-electron chi connectivity index (χ2n) is 5.51. The standard InChI is InChI=1S/C16H15ClN2O4S/c1-24(21,22)19-13-4-2-3-12(9-13)18-16(20)15-8-10-7-11(17)5-6-14(10)23-15/h2-7,9,15,19H,8H2,1H3,(H,18,20)/t15-/m0/s1. The lowest BCUT2D eigenvalue weighted by Gasteiger charge is -2.12. The van der Waals surface area contributed by atoms with E-state index in [1.54, 1.807) is 36.4 Å². The minimum atomic E-state index is -3.38. The van der Waals surface area contributed by atoms with E-state index in [2.05, 4.69) is 10.0 Å². The Balaban J connectivity index is 1.69. The number of hydrogen-bond donors (Lipinski definition) is 2. The number of carbonyl (C=O) groups excluding carboxylic acids is 1. The second-order valence-corrected chi connectivity index (χ2v) is 7.69. The lowest BCUT2D eigenvalue weighted by molar-refractivity contribution is -0.122. The first-order valence-corrected chi connectivity index (χ1v) is 9.41. The van der Waals surface area contributed by atoms with Gasteiger partial charge in [0.2, 0.25) is 10.0 Å². The van der Waals surface area contributed by atoms with Crippen molar-refractivity contribution in [2.24, 2.45) is 0 Å². The summed E-state index contributed by atoms with van der Waals surface area (Å²) in [5.41, 5.74) is 1.74. The monoisotopic (exact) mass is 366 g/mol. The van der Waals surface area contributed by atoms with Gasteiger partial charge in [0, 0.05) is 17.1 Å². The van der Waals surface area contributed by atoms with Crippen LogP contribution in [0.5, 0.6) is 5.75 Å². The van der Waals surface area contributed by atoms with E-state index in [4.69, 9.17) is 16.3 Å². The van der Waals surface area contributed by atoms with Crippen LogP contribution >= 0.6 is 11.6 Å². The Hall–Kier alpha value is -2.25. The Labute approximate surface area is 144 Å². The summed E-state index contributed by atoms with van der Waals surface area (Å²) in [6, 6.07) is 11.7. The summed E-state index contributed by atoms with van der Waals surface area (Å²) in [5, 5.41) is 3.32. The summed E-state index contributed by atoms with van der Waals surface area (Å²) in [6.07, 6.45) is 0.848. The predicted molar refractivity (Wildman–Crippen MR) is 93.1 cm³/mol. The number of anilines is 2. The zero-order chi connectivity index (χ0) is 17.3. The van der Waals surface area contributed by atoms with Crippen LogP contribution in [0.1, 0.15) is 5.56 Å². The van der Waals surface area contributed by atoms with Gasteiger partial charge in [-0.15, -0.1) is 0 Å². The van der Waals surface area contributed by atoms with Crippen molar-refractivity contribution < 1.29 is 17.9 Å². The molecule has 1 heterocycles. The van der Waals surface area contributed by atoms with E-state index in [0.717, 1.165) is 11.8 Å². The number of fused-ring (bicyclic) bond motifs is 1. The van der Waals surface area contributed by atoms with E-state index >= 15 is 0 Å². The molecule has 1 aliphatic rings. The molecule has 0 fully saturated rings. The van der Waals surface area contributed by atoms with Crippen LogP contribution in [-0.4, -0.2) is 26.7 Å². The number of sulfonamides is 1. The number of rotatable bonds is 4. The van der Waals surface area contributed by atoms with Crippen molar-refractivity contribution in [1.82, 2.24) is 0 Å². The van der Waals surface area contributed by atoms with Gasteiger partial charge in [0.25, 0.3) is 5.91 Å². The SMILES string of the molecule is CS(=O)(=O)Nc1cccc(NC(=O)[C@@H]2Cc3cc(Cl)ccc3O2)c1.